The molecule has 0 aliphatic rings. The van der Waals surface area contributed by atoms with E-state index in [0.717, 1.165) is 37.0 Å². The maximum absolute atomic E-state index is 11.9. The molecule has 0 aromatic heterocycles. The van der Waals surface area contributed by atoms with Crippen LogP contribution in [-0.4, -0.2) is 24.9 Å². The third-order valence-corrected chi connectivity index (χ3v) is 4.41. The van der Waals surface area contributed by atoms with Crippen LogP contribution < -0.4 is 15.8 Å². The van der Waals surface area contributed by atoms with Crippen LogP contribution >= 0.6 is 0 Å². The van der Waals surface area contributed by atoms with Crippen LogP contribution in [0.1, 0.15) is 42.9 Å². The molecule has 0 atom stereocenters. The van der Waals surface area contributed by atoms with Crippen molar-refractivity contribution in [2.75, 3.05) is 13.2 Å². The van der Waals surface area contributed by atoms with E-state index in [1.54, 1.807) is 0 Å². The van der Waals surface area contributed by atoms with Crippen LogP contribution in [0.15, 0.2) is 48.5 Å². The number of hydrogen-bond acceptors (Lipinski definition) is 3. The van der Waals surface area contributed by atoms with Gasteiger partial charge in [-0.2, -0.15) is 0 Å². The van der Waals surface area contributed by atoms with Crippen molar-refractivity contribution in [2.24, 2.45) is 5.73 Å². The first-order valence-corrected chi connectivity index (χ1v) is 9.50. The van der Waals surface area contributed by atoms with E-state index >= 15 is 0 Å². The van der Waals surface area contributed by atoms with Crippen molar-refractivity contribution in [3.63, 3.8) is 0 Å². The molecule has 5 nitrogen and oxygen atoms in total. The van der Waals surface area contributed by atoms with Gasteiger partial charge in [-0.1, -0.05) is 43.3 Å². The zero-order chi connectivity index (χ0) is 19.5. The van der Waals surface area contributed by atoms with Crippen molar-refractivity contribution in [1.82, 2.24) is 5.32 Å². The van der Waals surface area contributed by atoms with Gasteiger partial charge in [-0.15, -0.1) is 0 Å². The molecule has 0 aliphatic carbocycles. The molecule has 0 spiro atoms. The highest BCUT2D eigenvalue weighted by atomic mass is 16.5. The average Bonchev–Trinajstić information content (AvgIpc) is 2.69. The minimum Gasteiger partial charge on any atom is -0.492 e. The zero-order valence-corrected chi connectivity index (χ0v) is 16.0. The number of amidine groups is 1. The first-order chi connectivity index (χ1) is 13.1. The van der Waals surface area contributed by atoms with Gasteiger partial charge in [-0.25, -0.2) is 0 Å². The Morgan fingerprint density at radius 2 is 1.70 bits per heavy atom. The lowest BCUT2D eigenvalue weighted by Gasteiger charge is -2.08. The van der Waals surface area contributed by atoms with Gasteiger partial charge < -0.3 is 15.8 Å². The Labute approximate surface area is 161 Å². The molecule has 2 rings (SSSR count). The highest BCUT2D eigenvalue weighted by molar-refractivity contribution is 5.94. The van der Waals surface area contributed by atoms with E-state index in [4.69, 9.17) is 15.9 Å². The maximum Gasteiger partial charge on any atom is 0.220 e. The summed E-state index contributed by atoms with van der Waals surface area (Å²) in [5.74, 6) is 0.976. The van der Waals surface area contributed by atoms with Crippen molar-refractivity contribution in [3.8, 4) is 5.75 Å². The van der Waals surface area contributed by atoms with Gasteiger partial charge in [0, 0.05) is 12.0 Å². The summed E-state index contributed by atoms with van der Waals surface area (Å²) in [6, 6.07) is 15.7. The van der Waals surface area contributed by atoms with Crippen molar-refractivity contribution in [3.05, 3.63) is 65.2 Å². The predicted molar refractivity (Wildman–Crippen MR) is 109 cm³/mol. The van der Waals surface area contributed by atoms with Gasteiger partial charge in [0.05, 0.1) is 6.54 Å². The summed E-state index contributed by atoms with van der Waals surface area (Å²) >= 11 is 0. The molecular weight excluding hydrogens is 338 g/mol. The summed E-state index contributed by atoms with van der Waals surface area (Å²) in [6.07, 6.45) is 4.26. The predicted octanol–water partition coefficient (Wildman–Crippen LogP) is 3.44. The standard InChI is InChI=1S/C22H29N3O2/c1-2-17-9-13-20(14-10-17)27-16-15-25-21(26)6-4-3-5-18-7-11-19(12-8-18)22(23)24/h7-14H,2-6,15-16H2,1H3,(H3,23,24)(H,25,26). The molecule has 2 aromatic carbocycles. The minimum atomic E-state index is 0.0619. The summed E-state index contributed by atoms with van der Waals surface area (Å²) in [6.45, 7) is 3.11. The molecule has 0 aliphatic heterocycles. The van der Waals surface area contributed by atoms with E-state index in [2.05, 4.69) is 24.4 Å². The highest BCUT2D eigenvalue weighted by Crippen LogP contribution is 2.12. The smallest absolute Gasteiger partial charge is 0.220 e. The van der Waals surface area contributed by atoms with E-state index in [0.29, 0.717) is 19.6 Å². The third-order valence-electron chi connectivity index (χ3n) is 4.41. The topological polar surface area (TPSA) is 88.2 Å². The molecule has 4 N–H and O–H groups in total. The van der Waals surface area contributed by atoms with Crippen molar-refractivity contribution in [1.29, 1.82) is 5.41 Å². The molecule has 27 heavy (non-hydrogen) atoms. The fraction of sp³-hybridized carbons (Fsp3) is 0.364. The molecule has 0 heterocycles. The van der Waals surface area contributed by atoms with Crippen LogP contribution in [0.3, 0.4) is 0 Å². The summed E-state index contributed by atoms with van der Waals surface area (Å²) in [7, 11) is 0. The van der Waals surface area contributed by atoms with Gasteiger partial charge in [-0.05, 0) is 48.9 Å². The second kappa shape index (κ2) is 11.0. The molecule has 2 aromatic rings. The number of aryl methyl sites for hydroxylation is 2. The van der Waals surface area contributed by atoms with Crippen LogP contribution in [0.5, 0.6) is 5.75 Å². The van der Waals surface area contributed by atoms with Gasteiger partial charge in [-0.3, -0.25) is 10.2 Å². The number of carbonyl (C=O) groups is 1. The molecule has 1 amide bonds. The van der Waals surface area contributed by atoms with Gasteiger partial charge in [0.15, 0.2) is 0 Å². The number of unbranched alkanes of at least 4 members (excludes halogenated alkanes) is 1. The van der Waals surface area contributed by atoms with Gasteiger partial charge in [0.2, 0.25) is 5.91 Å². The minimum absolute atomic E-state index is 0.0619. The van der Waals surface area contributed by atoms with Gasteiger partial charge >= 0.3 is 0 Å². The quantitative estimate of drug-likeness (QED) is 0.323. The maximum atomic E-state index is 11.9. The first-order valence-electron chi connectivity index (χ1n) is 9.50. The number of nitrogens with one attached hydrogen (secondary N) is 2. The summed E-state index contributed by atoms with van der Waals surface area (Å²) in [5, 5.41) is 10.3. The average molecular weight is 367 g/mol. The molecule has 0 bridgehead atoms. The first kappa shape index (κ1) is 20.5. The molecular formula is C22H29N3O2. The van der Waals surface area contributed by atoms with Crippen LogP contribution in [-0.2, 0) is 17.6 Å². The molecule has 144 valence electrons. The third kappa shape index (κ3) is 7.52. The van der Waals surface area contributed by atoms with E-state index in [1.807, 2.05) is 36.4 Å². The largest absolute Gasteiger partial charge is 0.492 e. The number of benzene rings is 2. The van der Waals surface area contributed by atoms with E-state index in [-0.39, 0.29) is 11.7 Å². The van der Waals surface area contributed by atoms with E-state index in [1.165, 1.54) is 11.1 Å². The Morgan fingerprint density at radius 3 is 2.33 bits per heavy atom. The summed E-state index contributed by atoms with van der Waals surface area (Å²) < 4.78 is 5.63. The zero-order valence-electron chi connectivity index (χ0n) is 16.0. The Bertz CT molecular complexity index is 724. The molecule has 0 unspecified atom stereocenters. The lowest BCUT2D eigenvalue weighted by Crippen LogP contribution is -2.27. The molecule has 0 radical (unpaired) electrons. The second-order valence-electron chi connectivity index (χ2n) is 6.51. The summed E-state index contributed by atoms with van der Waals surface area (Å²) in [5.41, 5.74) is 8.66. The van der Waals surface area contributed by atoms with Crippen LogP contribution in [0.25, 0.3) is 0 Å². The van der Waals surface area contributed by atoms with E-state index in [9.17, 15) is 4.79 Å². The number of rotatable bonds is 11. The lowest BCUT2D eigenvalue weighted by atomic mass is 10.0. The van der Waals surface area contributed by atoms with Crippen molar-refractivity contribution >= 4 is 11.7 Å². The van der Waals surface area contributed by atoms with Gasteiger partial charge in [0.1, 0.15) is 18.2 Å². The Hall–Kier alpha value is -2.82. The number of nitrogens with two attached hydrogens (primary N) is 1. The number of hydrogen-bond donors (Lipinski definition) is 3. The highest BCUT2D eigenvalue weighted by Gasteiger charge is 2.02. The number of ether oxygens (including phenoxy) is 1. The monoisotopic (exact) mass is 367 g/mol. The SMILES string of the molecule is CCc1ccc(OCCNC(=O)CCCCc2ccc(C(=N)N)cc2)cc1. The Balaban J connectivity index is 1.54. The van der Waals surface area contributed by atoms with Crippen LogP contribution in [0.2, 0.25) is 0 Å². The van der Waals surface area contributed by atoms with Crippen LogP contribution in [0, 0.1) is 5.41 Å². The van der Waals surface area contributed by atoms with Crippen molar-refractivity contribution in [2.45, 2.75) is 39.0 Å². The Kier molecular flexibility index (Phi) is 8.36. The van der Waals surface area contributed by atoms with Crippen LogP contribution in [0.4, 0.5) is 0 Å². The van der Waals surface area contributed by atoms with Crippen molar-refractivity contribution < 1.29 is 9.53 Å². The lowest BCUT2D eigenvalue weighted by molar-refractivity contribution is -0.121. The van der Waals surface area contributed by atoms with E-state index < -0.39 is 0 Å². The fourth-order valence-electron chi connectivity index (χ4n) is 2.73. The normalized spacial score (nSPS) is 10.4. The Morgan fingerprint density at radius 1 is 1.04 bits per heavy atom. The molecule has 5 heteroatoms. The molecule has 0 saturated carbocycles. The van der Waals surface area contributed by atoms with Gasteiger partial charge in [0.25, 0.3) is 0 Å². The molecule has 0 saturated heterocycles. The number of carbonyl (C=O) groups excluding carboxylic acids is 1. The second-order valence-corrected chi connectivity index (χ2v) is 6.51. The number of nitrogen functional groups attached to an aromatic ring is 1. The molecule has 0 fully saturated rings. The fourth-order valence-corrected chi connectivity index (χ4v) is 2.73. The number of amides is 1. The summed E-state index contributed by atoms with van der Waals surface area (Å²) in [4.78, 5) is 11.9.